The molecule has 0 unspecified atom stereocenters. The summed E-state index contributed by atoms with van der Waals surface area (Å²) in [6.07, 6.45) is 4.84. The number of nitrogens with zero attached hydrogens (tertiary/aromatic N) is 3. The molecule has 24 heavy (non-hydrogen) atoms. The number of rotatable bonds is 8. The zero-order valence-corrected chi connectivity index (χ0v) is 16.2. The summed E-state index contributed by atoms with van der Waals surface area (Å²) in [5.41, 5.74) is 2.10. The van der Waals surface area contributed by atoms with E-state index in [1.54, 1.807) is 0 Å². The normalized spacial score (nSPS) is 10.7. The Bertz CT molecular complexity index is 662. The van der Waals surface area contributed by atoms with Gasteiger partial charge in [-0.05, 0) is 30.4 Å². The monoisotopic (exact) mass is 365 g/mol. The van der Waals surface area contributed by atoms with Crippen molar-refractivity contribution in [2.45, 2.75) is 31.3 Å². The molecule has 2 aromatic rings. The van der Waals surface area contributed by atoms with Gasteiger partial charge in [0, 0.05) is 26.1 Å². The first-order chi connectivity index (χ1) is 11.5. The van der Waals surface area contributed by atoms with Crippen LogP contribution in [0.5, 0.6) is 5.75 Å². The summed E-state index contributed by atoms with van der Waals surface area (Å²) in [4.78, 5) is 10.9. The predicted molar refractivity (Wildman–Crippen MR) is 103 cm³/mol. The van der Waals surface area contributed by atoms with Crippen LogP contribution in [0.3, 0.4) is 0 Å². The second-order valence-corrected chi connectivity index (χ2v) is 6.85. The maximum Gasteiger partial charge on any atom is 0.190 e. The van der Waals surface area contributed by atoms with Gasteiger partial charge in [0.15, 0.2) is 5.16 Å². The molecule has 1 heterocycles. The van der Waals surface area contributed by atoms with Crippen molar-refractivity contribution in [2.75, 3.05) is 31.9 Å². The number of halogens is 1. The fraction of sp³-hybridized carbons (Fsp3) is 0.444. The molecule has 130 valence electrons. The minimum atomic E-state index is 0.515. The van der Waals surface area contributed by atoms with Crippen molar-refractivity contribution in [3.8, 4) is 5.75 Å². The number of thioether (sulfide) groups is 1. The number of hydrogen-bond acceptors (Lipinski definition) is 5. The zero-order chi connectivity index (χ0) is 17.5. The molecule has 0 amide bonds. The lowest BCUT2D eigenvalue weighted by Crippen LogP contribution is -2.15. The molecule has 0 fully saturated rings. The van der Waals surface area contributed by atoms with Crippen LogP contribution in [-0.4, -0.2) is 36.9 Å². The molecule has 2 rings (SSSR count). The number of anilines is 1. The van der Waals surface area contributed by atoms with Gasteiger partial charge < -0.3 is 9.64 Å². The fourth-order valence-electron chi connectivity index (χ4n) is 2.28. The average Bonchev–Trinajstić information content (AvgIpc) is 2.57. The lowest BCUT2D eigenvalue weighted by atomic mass is 10.1. The molecule has 4 nitrogen and oxygen atoms in total. The number of unbranched alkanes of at least 4 members (excludes halogenated alkanes) is 1. The van der Waals surface area contributed by atoms with Gasteiger partial charge in [-0.1, -0.05) is 48.8 Å². The molecule has 0 spiro atoms. The molecule has 0 aliphatic heterocycles. The van der Waals surface area contributed by atoms with Crippen LogP contribution in [0.15, 0.2) is 29.4 Å². The Labute approximate surface area is 153 Å². The minimum Gasteiger partial charge on any atom is -0.494 e. The molecule has 0 saturated heterocycles. The van der Waals surface area contributed by atoms with Gasteiger partial charge in [-0.3, -0.25) is 0 Å². The number of ether oxygens (including phenoxy) is 1. The van der Waals surface area contributed by atoms with E-state index in [0.717, 1.165) is 42.1 Å². The topological polar surface area (TPSA) is 38.3 Å². The van der Waals surface area contributed by atoms with Crippen molar-refractivity contribution < 1.29 is 4.74 Å². The highest BCUT2D eigenvalue weighted by Crippen LogP contribution is 2.28. The average molecular weight is 366 g/mol. The SMILES string of the molecule is CCCCOc1ccc(Cc2c(Cl)nc(SC)nc2N(C)C)cc1. The number of hydrogen-bond donors (Lipinski definition) is 0. The van der Waals surface area contributed by atoms with E-state index in [1.165, 1.54) is 11.8 Å². The number of benzene rings is 1. The second-order valence-electron chi connectivity index (χ2n) is 5.72. The molecule has 0 aliphatic rings. The Morgan fingerprint density at radius 2 is 1.88 bits per heavy atom. The standard InChI is InChI=1S/C18H24ClN3OS/c1-5-6-11-23-14-9-7-13(8-10-14)12-15-16(19)20-18(24-4)21-17(15)22(2)3/h7-10H,5-6,11-12H2,1-4H3. The third-order valence-corrected chi connectivity index (χ3v) is 4.45. The van der Waals surface area contributed by atoms with Gasteiger partial charge in [-0.15, -0.1) is 0 Å². The van der Waals surface area contributed by atoms with Crippen molar-refractivity contribution in [1.29, 1.82) is 0 Å². The largest absolute Gasteiger partial charge is 0.494 e. The van der Waals surface area contributed by atoms with E-state index in [-0.39, 0.29) is 0 Å². The van der Waals surface area contributed by atoms with E-state index in [0.29, 0.717) is 16.7 Å². The van der Waals surface area contributed by atoms with E-state index in [4.69, 9.17) is 16.3 Å². The summed E-state index contributed by atoms with van der Waals surface area (Å²) in [6.45, 7) is 2.92. The first kappa shape index (κ1) is 18.9. The molecule has 0 aliphatic carbocycles. The summed E-state index contributed by atoms with van der Waals surface area (Å²) >= 11 is 7.90. The molecule has 6 heteroatoms. The highest BCUT2D eigenvalue weighted by atomic mass is 35.5. The summed E-state index contributed by atoms with van der Waals surface area (Å²) in [7, 11) is 3.94. The summed E-state index contributed by atoms with van der Waals surface area (Å²) in [5.74, 6) is 1.77. The molecule has 0 saturated carbocycles. The van der Waals surface area contributed by atoms with E-state index in [2.05, 4.69) is 29.0 Å². The van der Waals surface area contributed by atoms with Gasteiger partial charge >= 0.3 is 0 Å². The van der Waals surface area contributed by atoms with E-state index < -0.39 is 0 Å². The van der Waals surface area contributed by atoms with Gasteiger partial charge in [0.1, 0.15) is 16.7 Å². The van der Waals surface area contributed by atoms with Crippen molar-refractivity contribution in [1.82, 2.24) is 9.97 Å². The Hall–Kier alpha value is -1.46. The number of aromatic nitrogens is 2. The van der Waals surface area contributed by atoms with E-state index >= 15 is 0 Å². The molecule has 0 bridgehead atoms. The van der Waals surface area contributed by atoms with Crippen molar-refractivity contribution >= 4 is 29.2 Å². The van der Waals surface area contributed by atoms with Crippen LogP contribution >= 0.6 is 23.4 Å². The van der Waals surface area contributed by atoms with Gasteiger partial charge in [-0.2, -0.15) is 0 Å². The Morgan fingerprint density at radius 1 is 1.17 bits per heavy atom. The van der Waals surface area contributed by atoms with Gasteiger partial charge in [0.05, 0.1) is 6.61 Å². The summed E-state index contributed by atoms with van der Waals surface area (Å²) < 4.78 is 5.71. The van der Waals surface area contributed by atoms with Crippen LogP contribution in [-0.2, 0) is 6.42 Å². The van der Waals surface area contributed by atoms with Crippen molar-refractivity contribution in [3.05, 3.63) is 40.5 Å². The van der Waals surface area contributed by atoms with E-state index in [9.17, 15) is 0 Å². The smallest absolute Gasteiger partial charge is 0.190 e. The Kier molecular flexibility index (Phi) is 7.18. The third-order valence-electron chi connectivity index (χ3n) is 3.59. The summed E-state index contributed by atoms with van der Waals surface area (Å²) in [6, 6.07) is 8.15. The third kappa shape index (κ3) is 5.02. The van der Waals surface area contributed by atoms with Gasteiger partial charge in [0.25, 0.3) is 0 Å². The van der Waals surface area contributed by atoms with E-state index in [1.807, 2.05) is 37.4 Å². The van der Waals surface area contributed by atoms with Crippen LogP contribution in [0.4, 0.5) is 5.82 Å². The van der Waals surface area contributed by atoms with Crippen LogP contribution in [0.1, 0.15) is 30.9 Å². The summed E-state index contributed by atoms with van der Waals surface area (Å²) in [5, 5.41) is 1.20. The first-order valence-electron chi connectivity index (χ1n) is 8.04. The second kappa shape index (κ2) is 9.14. The minimum absolute atomic E-state index is 0.515. The van der Waals surface area contributed by atoms with Crippen LogP contribution < -0.4 is 9.64 Å². The maximum atomic E-state index is 6.41. The first-order valence-corrected chi connectivity index (χ1v) is 9.64. The molecule has 0 radical (unpaired) electrons. The van der Waals surface area contributed by atoms with Crippen LogP contribution in [0.2, 0.25) is 5.15 Å². The zero-order valence-electron chi connectivity index (χ0n) is 14.7. The van der Waals surface area contributed by atoms with Crippen molar-refractivity contribution in [3.63, 3.8) is 0 Å². The lowest BCUT2D eigenvalue weighted by molar-refractivity contribution is 0.309. The molecule has 1 aromatic carbocycles. The Balaban J connectivity index is 2.18. The quantitative estimate of drug-likeness (QED) is 0.294. The highest BCUT2D eigenvalue weighted by molar-refractivity contribution is 7.98. The lowest BCUT2D eigenvalue weighted by Gasteiger charge is -2.18. The predicted octanol–water partition coefficient (Wildman–Crippen LogP) is 4.69. The molecular weight excluding hydrogens is 342 g/mol. The van der Waals surface area contributed by atoms with Gasteiger partial charge in [-0.25, -0.2) is 9.97 Å². The molecule has 0 N–H and O–H groups in total. The maximum absolute atomic E-state index is 6.41. The highest BCUT2D eigenvalue weighted by Gasteiger charge is 2.15. The molecule has 0 atom stereocenters. The molecular formula is C18H24ClN3OS. The van der Waals surface area contributed by atoms with Gasteiger partial charge in [0.2, 0.25) is 0 Å². The fourth-order valence-corrected chi connectivity index (χ4v) is 2.92. The van der Waals surface area contributed by atoms with Crippen LogP contribution in [0, 0.1) is 0 Å². The molecule has 1 aromatic heterocycles. The Morgan fingerprint density at radius 3 is 2.46 bits per heavy atom. The van der Waals surface area contributed by atoms with Crippen molar-refractivity contribution in [2.24, 2.45) is 0 Å². The van der Waals surface area contributed by atoms with Crippen LogP contribution in [0.25, 0.3) is 0 Å².